The first-order valence-electron chi connectivity index (χ1n) is 8.00. The van der Waals surface area contributed by atoms with Gasteiger partial charge in [0.15, 0.2) is 15.1 Å². The Bertz CT molecular complexity index is 1040. The summed E-state index contributed by atoms with van der Waals surface area (Å²) in [7, 11) is -2.56. The lowest BCUT2D eigenvalue weighted by Gasteiger charge is -2.14. The van der Waals surface area contributed by atoms with Crippen LogP contribution in [0.25, 0.3) is 10.8 Å². The molecule has 0 unspecified atom stereocenters. The lowest BCUT2D eigenvalue weighted by molar-refractivity contribution is -0.136. The van der Waals surface area contributed by atoms with Gasteiger partial charge in [-0.3, -0.25) is 4.79 Å². The lowest BCUT2D eigenvalue weighted by Crippen LogP contribution is -2.32. The molecule has 0 bridgehead atoms. The molecular formula is C20H18O5S. The molecule has 6 heteroatoms. The second-order valence-corrected chi connectivity index (χ2v) is 8.06. The van der Waals surface area contributed by atoms with Gasteiger partial charge < -0.3 is 9.84 Å². The van der Waals surface area contributed by atoms with Crippen molar-refractivity contribution in [1.82, 2.24) is 0 Å². The molecule has 0 aliphatic heterocycles. The van der Waals surface area contributed by atoms with Crippen molar-refractivity contribution >= 4 is 26.6 Å². The first kappa shape index (κ1) is 17.9. The van der Waals surface area contributed by atoms with E-state index in [2.05, 4.69) is 0 Å². The fraction of sp³-hybridized carbons (Fsp3) is 0.150. The van der Waals surface area contributed by atoms with Crippen LogP contribution in [0.15, 0.2) is 71.6 Å². The van der Waals surface area contributed by atoms with Gasteiger partial charge in [0.05, 0.1) is 12.0 Å². The van der Waals surface area contributed by atoms with Crippen molar-refractivity contribution in [3.8, 4) is 5.75 Å². The van der Waals surface area contributed by atoms with Crippen LogP contribution in [-0.4, -0.2) is 31.9 Å². The predicted octanol–water partition coefficient (Wildman–Crippen LogP) is 3.32. The molecule has 1 atom stereocenters. The van der Waals surface area contributed by atoms with Crippen molar-refractivity contribution in [2.24, 2.45) is 0 Å². The number of ether oxygens (including phenoxy) is 1. The summed E-state index contributed by atoms with van der Waals surface area (Å²) in [5.74, 6) is -0.862. The number of fused-ring (bicyclic) bond motifs is 1. The van der Waals surface area contributed by atoms with E-state index in [4.69, 9.17) is 4.74 Å². The van der Waals surface area contributed by atoms with Crippen molar-refractivity contribution in [3.05, 3.63) is 72.3 Å². The highest BCUT2D eigenvalue weighted by Crippen LogP contribution is 2.24. The van der Waals surface area contributed by atoms with Crippen LogP contribution in [0, 0.1) is 0 Å². The van der Waals surface area contributed by atoms with Crippen LogP contribution in [0.2, 0.25) is 0 Å². The summed E-state index contributed by atoms with van der Waals surface area (Å²) in [6.45, 7) is 0. The number of benzene rings is 3. The summed E-state index contributed by atoms with van der Waals surface area (Å²) >= 11 is 0. The number of rotatable bonds is 6. The summed E-state index contributed by atoms with van der Waals surface area (Å²) in [4.78, 5) is 11.7. The Balaban J connectivity index is 1.95. The van der Waals surface area contributed by atoms with E-state index in [1.54, 1.807) is 6.07 Å². The maximum Gasteiger partial charge on any atom is 0.322 e. The summed E-state index contributed by atoms with van der Waals surface area (Å²) < 4.78 is 30.7. The molecule has 0 saturated heterocycles. The largest absolute Gasteiger partial charge is 0.497 e. The van der Waals surface area contributed by atoms with Gasteiger partial charge in [0.2, 0.25) is 0 Å². The third-order valence-corrected chi connectivity index (χ3v) is 6.32. The van der Waals surface area contributed by atoms with Crippen LogP contribution in [0.1, 0.15) is 5.56 Å². The van der Waals surface area contributed by atoms with Crippen LogP contribution >= 0.6 is 0 Å². The molecule has 3 aromatic rings. The fourth-order valence-electron chi connectivity index (χ4n) is 2.84. The molecule has 3 aromatic carbocycles. The number of aliphatic carboxylic acids is 1. The van der Waals surface area contributed by atoms with Crippen molar-refractivity contribution in [3.63, 3.8) is 0 Å². The van der Waals surface area contributed by atoms with Crippen LogP contribution < -0.4 is 4.74 Å². The SMILES string of the molecule is COc1ccc(S(=O)(=O)[C@@H](Cc2ccc3ccccc3c2)C(=O)O)cc1. The Morgan fingerprint density at radius 1 is 1.00 bits per heavy atom. The second kappa shape index (κ2) is 7.17. The molecule has 0 aliphatic rings. The standard InChI is InChI=1S/C20H18O5S/c1-25-17-8-10-18(11-9-17)26(23,24)19(20(21)22)13-14-6-7-15-4-2-3-5-16(15)12-14/h2-12,19H,13H2,1H3,(H,21,22)/t19-/m0/s1. The van der Waals surface area contributed by atoms with Crippen LogP contribution in [0.4, 0.5) is 0 Å². The van der Waals surface area contributed by atoms with Gasteiger partial charge in [0.1, 0.15) is 5.75 Å². The molecule has 0 fully saturated rings. The van der Waals surface area contributed by atoms with Gasteiger partial charge in [-0.25, -0.2) is 8.42 Å². The molecule has 1 N–H and O–H groups in total. The average molecular weight is 370 g/mol. The van der Waals surface area contributed by atoms with Crippen LogP contribution in [0.5, 0.6) is 5.75 Å². The third kappa shape index (κ3) is 3.55. The maximum atomic E-state index is 12.8. The number of carboxylic acid groups (broad SMARTS) is 1. The van der Waals surface area contributed by atoms with Gasteiger partial charge in [0, 0.05) is 6.42 Å². The topological polar surface area (TPSA) is 80.7 Å². The highest BCUT2D eigenvalue weighted by atomic mass is 32.2. The normalized spacial score (nSPS) is 12.7. The van der Waals surface area contributed by atoms with Gasteiger partial charge >= 0.3 is 5.97 Å². The molecule has 0 amide bonds. The number of carbonyl (C=O) groups is 1. The van der Waals surface area contributed by atoms with Crippen LogP contribution in [0.3, 0.4) is 0 Å². The zero-order valence-electron chi connectivity index (χ0n) is 14.1. The van der Waals surface area contributed by atoms with E-state index < -0.39 is 21.1 Å². The van der Waals surface area contributed by atoms with Crippen molar-refractivity contribution in [1.29, 1.82) is 0 Å². The lowest BCUT2D eigenvalue weighted by atomic mass is 10.0. The minimum Gasteiger partial charge on any atom is -0.497 e. The Morgan fingerprint density at radius 3 is 2.27 bits per heavy atom. The van der Waals surface area contributed by atoms with E-state index in [-0.39, 0.29) is 11.3 Å². The average Bonchev–Trinajstić information content (AvgIpc) is 2.65. The molecule has 0 radical (unpaired) electrons. The Kier molecular flexibility index (Phi) is 4.95. The van der Waals surface area contributed by atoms with Gasteiger partial charge in [-0.2, -0.15) is 0 Å². The van der Waals surface area contributed by atoms with E-state index in [0.29, 0.717) is 11.3 Å². The zero-order chi connectivity index (χ0) is 18.7. The van der Waals surface area contributed by atoms with E-state index in [9.17, 15) is 18.3 Å². The molecule has 0 aromatic heterocycles. The predicted molar refractivity (Wildman–Crippen MR) is 99.3 cm³/mol. The molecule has 3 rings (SSSR count). The van der Waals surface area contributed by atoms with Crippen molar-refractivity contribution < 1.29 is 23.1 Å². The summed E-state index contributed by atoms with van der Waals surface area (Å²) in [5, 5.41) is 9.94. The second-order valence-electron chi connectivity index (χ2n) is 5.93. The molecule has 0 aliphatic carbocycles. The van der Waals surface area contributed by atoms with Crippen molar-refractivity contribution in [2.45, 2.75) is 16.6 Å². The maximum absolute atomic E-state index is 12.8. The van der Waals surface area contributed by atoms with E-state index in [1.165, 1.54) is 31.4 Å². The Labute approximate surface area is 151 Å². The first-order valence-corrected chi connectivity index (χ1v) is 9.55. The number of hydrogen-bond donors (Lipinski definition) is 1. The van der Waals surface area contributed by atoms with E-state index in [0.717, 1.165) is 10.8 Å². The van der Waals surface area contributed by atoms with E-state index >= 15 is 0 Å². The highest BCUT2D eigenvalue weighted by Gasteiger charge is 2.34. The smallest absolute Gasteiger partial charge is 0.322 e. The van der Waals surface area contributed by atoms with Gasteiger partial charge in [-0.1, -0.05) is 42.5 Å². The minimum absolute atomic E-state index is 0.0357. The number of carboxylic acids is 1. The first-order chi connectivity index (χ1) is 12.4. The van der Waals surface area contributed by atoms with Crippen molar-refractivity contribution in [2.75, 3.05) is 7.11 Å². The molecule has 0 saturated carbocycles. The van der Waals surface area contributed by atoms with Crippen LogP contribution in [-0.2, 0) is 21.1 Å². The minimum atomic E-state index is -4.03. The van der Waals surface area contributed by atoms with Gasteiger partial charge in [0.25, 0.3) is 0 Å². The summed E-state index contributed by atoms with van der Waals surface area (Å²) in [5.41, 5.74) is 0.660. The molecule has 0 spiro atoms. The van der Waals surface area contributed by atoms with Gasteiger partial charge in [-0.15, -0.1) is 0 Å². The number of hydrogen-bond acceptors (Lipinski definition) is 4. The monoisotopic (exact) mass is 370 g/mol. The third-order valence-electron chi connectivity index (χ3n) is 4.27. The fourth-order valence-corrected chi connectivity index (χ4v) is 4.36. The molecule has 0 heterocycles. The number of sulfone groups is 1. The number of methoxy groups -OCH3 is 1. The van der Waals surface area contributed by atoms with E-state index in [1.807, 2.05) is 36.4 Å². The molecule has 134 valence electrons. The highest BCUT2D eigenvalue weighted by molar-refractivity contribution is 7.92. The Morgan fingerprint density at radius 2 is 1.65 bits per heavy atom. The zero-order valence-corrected chi connectivity index (χ0v) is 14.9. The Hall–Kier alpha value is -2.86. The summed E-state index contributed by atoms with van der Waals surface area (Å²) in [6, 6.07) is 18.8. The molecular weight excluding hydrogens is 352 g/mol. The van der Waals surface area contributed by atoms with Gasteiger partial charge in [-0.05, 0) is 40.6 Å². The molecule has 5 nitrogen and oxygen atoms in total. The summed E-state index contributed by atoms with van der Waals surface area (Å²) in [6.07, 6.45) is -0.103. The quantitative estimate of drug-likeness (QED) is 0.720. The molecule has 26 heavy (non-hydrogen) atoms.